The minimum Gasteiger partial charge on any atom is -0.493 e. The SMILES string of the molecule is CCOC(=O)c1ccc(N2C(=O)C3Sc4c(sc(=O)n4CC(=O)Nc4ccccc4)C(c4ccc(OC)c(OC)c4)C3C2=O)cc1. The fourth-order valence-electron chi connectivity index (χ4n) is 5.74. The number of esters is 1. The molecule has 2 aliphatic heterocycles. The smallest absolute Gasteiger partial charge is 0.338 e. The molecule has 3 amide bonds. The number of benzene rings is 3. The van der Waals surface area contributed by atoms with E-state index in [1.165, 1.54) is 43.1 Å². The van der Waals surface area contributed by atoms with Crippen molar-refractivity contribution in [2.45, 2.75) is 29.7 Å². The molecule has 236 valence electrons. The molecule has 1 fully saturated rings. The number of nitrogens with zero attached hydrogens (tertiary/aromatic N) is 2. The summed E-state index contributed by atoms with van der Waals surface area (Å²) in [5.41, 5.74) is 1.84. The van der Waals surface area contributed by atoms with E-state index in [1.54, 1.807) is 49.4 Å². The second-order valence-electron chi connectivity index (χ2n) is 10.5. The second-order valence-corrected chi connectivity index (χ2v) is 12.6. The number of amides is 3. The van der Waals surface area contributed by atoms with E-state index in [0.717, 1.165) is 28.0 Å². The molecule has 1 saturated heterocycles. The highest BCUT2D eigenvalue weighted by Crippen LogP contribution is 2.54. The Hall–Kier alpha value is -4.88. The normalized spacial score (nSPS) is 18.5. The molecule has 2 aliphatic rings. The number of methoxy groups -OCH3 is 2. The zero-order valence-corrected chi connectivity index (χ0v) is 26.7. The van der Waals surface area contributed by atoms with Crippen LogP contribution in [0.3, 0.4) is 0 Å². The van der Waals surface area contributed by atoms with Gasteiger partial charge in [0.05, 0.1) is 43.0 Å². The summed E-state index contributed by atoms with van der Waals surface area (Å²) in [6, 6.07) is 20.2. The Morgan fingerprint density at radius 2 is 1.61 bits per heavy atom. The molecule has 3 aromatic carbocycles. The molecule has 13 heteroatoms. The van der Waals surface area contributed by atoms with E-state index in [0.29, 0.717) is 43.9 Å². The van der Waals surface area contributed by atoms with E-state index in [4.69, 9.17) is 14.2 Å². The molecule has 4 aromatic rings. The van der Waals surface area contributed by atoms with Gasteiger partial charge < -0.3 is 19.5 Å². The summed E-state index contributed by atoms with van der Waals surface area (Å²) >= 11 is 2.07. The highest BCUT2D eigenvalue weighted by molar-refractivity contribution is 8.00. The summed E-state index contributed by atoms with van der Waals surface area (Å²) < 4.78 is 17.4. The van der Waals surface area contributed by atoms with Gasteiger partial charge in [0.15, 0.2) is 11.5 Å². The molecular formula is C33H29N3O8S2. The largest absolute Gasteiger partial charge is 0.493 e. The predicted molar refractivity (Wildman–Crippen MR) is 173 cm³/mol. The number of anilines is 2. The molecule has 46 heavy (non-hydrogen) atoms. The quantitative estimate of drug-likeness (QED) is 0.203. The standard InChI is InChI=1S/C33H29N3O8S2/c1-4-44-32(40)18-10-13-21(14-11-18)36-29(38)26-25(19-12-15-22(42-2)23(16-19)43-3)28-31(45-27(26)30(36)39)35(33(41)46-28)17-24(37)34-20-8-6-5-7-9-20/h5-16,25-27H,4,17H2,1-3H3,(H,34,37). The van der Waals surface area contributed by atoms with Crippen molar-refractivity contribution in [3.05, 3.63) is 98.5 Å². The summed E-state index contributed by atoms with van der Waals surface area (Å²) in [6.45, 7) is 1.64. The van der Waals surface area contributed by atoms with Gasteiger partial charge in [0, 0.05) is 16.5 Å². The third-order valence-electron chi connectivity index (χ3n) is 7.81. The Bertz CT molecular complexity index is 1890. The zero-order valence-electron chi connectivity index (χ0n) is 25.1. The molecule has 3 atom stereocenters. The monoisotopic (exact) mass is 659 g/mol. The van der Waals surface area contributed by atoms with Gasteiger partial charge in [0.2, 0.25) is 17.7 Å². The maximum Gasteiger partial charge on any atom is 0.338 e. The van der Waals surface area contributed by atoms with Crippen LogP contribution >= 0.6 is 23.1 Å². The van der Waals surface area contributed by atoms with Crippen LogP contribution in [0.5, 0.6) is 11.5 Å². The lowest BCUT2D eigenvalue weighted by molar-refractivity contribution is -0.122. The van der Waals surface area contributed by atoms with Crippen LogP contribution in [0.1, 0.15) is 33.6 Å². The fourth-order valence-corrected chi connectivity index (χ4v) is 8.52. The lowest BCUT2D eigenvalue weighted by Gasteiger charge is -2.31. The Labute approximate surface area is 272 Å². The molecule has 1 aromatic heterocycles. The number of nitrogens with one attached hydrogen (secondary N) is 1. The van der Waals surface area contributed by atoms with Crippen molar-refractivity contribution >= 4 is 58.2 Å². The topological polar surface area (TPSA) is 133 Å². The number of para-hydroxylation sites is 1. The average Bonchev–Trinajstić information content (AvgIpc) is 3.51. The zero-order chi connectivity index (χ0) is 32.5. The Kier molecular flexibility index (Phi) is 8.69. The molecule has 3 unspecified atom stereocenters. The molecule has 0 spiro atoms. The third-order valence-corrected chi connectivity index (χ3v) is 10.4. The maximum absolute atomic E-state index is 14.2. The summed E-state index contributed by atoms with van der Waals surface area (Å²) in [5.74, 6) is -2.47. The van der Waals surface area contributed by atoms with Crippen LogP contribution < -0.4 is 24.6 Å². The number of hydrogen-bond donors (Lipinski definition) is 1. The number of thioether (sulfide) groups is 1. The van der Waals surface area contributed by atoms with Crippen LogP contribution in [0.4, 0.5) is 11.4 Å². The molecule has 0 bridgehead atoms. The van der Waals surface area contributed by atoms with E-state index >= 15 is 0 Å². The van der Waals surface area contributed by atoms with Gasteiger partial charge in [-0.05, 0) is 61.0 Å². The highest BCUT2D eigenvalue weighted by Gasteiger charge is 2.57. The van der Waals surface area contributed by atoms with Crippen molar-refractivity contribution in [3.63, 3.8) is 0 Å². The molecule has 6 rings (SSSR count). The first-order valence-electron chi connectivity index (χ1n) is 14.4. The molecule has 0 radical (unpaired) electrons. The number of rotatable bonds is 9. The number of ether oxygens (including phenoxy) is 3. The summed E-state index contributed by atoms with van der Waals surface area (Å²) in [7, 11) is 3.01. The highest BCUT2D eigenvalue weighted by atomic mass is 32.2. The van der Waals surface area contributed by atoms with Crippen LogP contribution in [-0.4, -0.2) is 54.3 Å². The van der Waals surface area contributed by atoms with Gasteiger partial charge in [-0.15, -0.1) is 0 Å². The van der Waals surface area contributed by atoms with Crippen molar-refractivity contribution in [3.8, 4) is 11.5 Å². The van der Waals surface area contributed by atoms with Gasteiger partial charge in [-0.25, -0.2) is 9.69 Å². The van der Waals surface area contributed by atoms with Crippen molar-refractivity contribution in [2.24, 2.45) is 5.92 Å². The van der Waals surface area contributed by atoms with Gasteiger partial charge in [0.25, 0.3) is 0 Å². The first-order chi connectivity index (χ1) is 22.2. The van der Waals surface area contributed by atoms with E-state index in [1.807, 2.05) is 6.07 Å². The summed E-state index contributed by atoms with van der Waals surface area (Å²) in [6.07, 6.45) is 0. The fraction of sp³-hybridized carbons (Fsp3) is 0.242. The molecular weight excluding hydrogens is 631 g/mol. The van der Waals surface area contributed by atoms with Gasteiger partial charge in [-0.1, -0.05) is 47.4 Å². The van der Waals surface area contributed by atoms with E-state index < -0.39 is 40.8 Å². The molecule has 0 aliphatic carbocycles. The molecule has 11 nitrogen and oxygen atoms in total. The van der Waals surface area contributed by atoms with Crippen LogP contribution in [0, 0.1) is 5.92 Å². The van der Waals surface area contributed by atoms with E-state index in [-0.39, 0.29) is 18.0 Å². The first kappa shape index (κ1) is 31.1. The minimum absolute atomic E-state index is 0.213. The van der Waals surface area contributed by atoms with Crippen molar-refractivity contribution in [1.82, 2.24) is 4.57 Å². The second kappa shape index (κ2) is 12.9. The number of carbonyl (C=O) groups is 4. The van der Waals surface area contributed by atoms with Crippen LogP contribution in [0.2, 0.25) is 0 Å². The van der Waals surface area contributed by atoms with E-state index in [9.17, 15) is 24.0 Å². The third kappa shape index (κ3) is 5.56. The Morgan fingerprint density at radius 1 is 0.891 bits per heavy atom. The van der Waals surface area contributed by atoms with Gasteiger partial charge >= 0.3 is 10.8 Å². The van der Waals surface area contributed by atoms with Crippen LogP contribution in [0.15, 0.2) is 82.6 Å². The van der Waals surface area contributed by atoms with E-state index in [2.05, 4.69) is 5.32 Å². The average molecular weight is 660 g/mol. The number of hydrogen-bond acceptors (Lipinski definition) is 10. The van der Waals surface area contributed by atoms with Crippen LogP contribution in [-0.2, 0) is 25.7 Å². The number of aromatic nitrogens is 1. The maximum atomic E-state index is 14.2. The van der Waals surface area contributed by atoms with Crippen molar-refractivity contribution in [1.29, 1.82) is 0 Å². The summed E-state index contributed by atoms with van der Waals surface area (Å²) in [5, 5.41) is 2.37. The van der Waals surface area contributed by atoms with Gasteiger partial charge in [0.1, 0.15) is 11.8 Å². The number of imide groups is 1. The molecule has 0 saturated carbocycles. The number of thiazole rings is 1. The lowest BCUT2D eigenvalue weighted by atomic mass is 9.83. The van der Waals surface area contributed by atoms with Crippen molar-refractivity contribution < 1.29 is 33.4 Å². The number of fused-ring (bicyclic) bond motifs is 2. The Morgan fingerprint density at radius 3 is 2.28 bits per heavy atom. The Balaban J connectivity index is 1.41. The van der Waals surface area contributed by atoms with Crippen LogP contribution in [0.25, 0.3) is 0 Å². The molecule has 3 heterocycles. The van der Waals surface area contributed by atoms with Gasteiger partial charge in [-0.2, -0.15) is 0 Å². The minimum atomic E-state index is -0.889. The lowest BCUT2D eigenvalue weighted by Crippen LogP contribution is -2.33. The van der Waals surface area contributed by atoms with Crippen molar-refractivity contribution in [2.75, 3.05) is 31.0 Å². The van der Waals surface area contributed by atoms with Gasteiger partial charge in [-0.3, -0.25) is 23.7 Å². The molecule has 1 N–H and O–H groups in total. The number of carbonyl (C=O) groups excluding carboxylic acids is 4. The first-order valence-corrected chi connectivity index (χ1v) is 16.1. The summed E-state index contributed by atoms with van der Waals surface area (Å²) in [4.78, 5) is 68.3. The predicted octanol–water partition coefficient (Wildman–Crippen LogP) is 4.54.